The van der Waals surface area contributed by atoms with Crippen LogP contribution in [0.5, 0.6) is 0 Å². The summed E-state index contributed by atoms with van der Waals surface area (Å²) in [7, 11) is 0. The third kappa shape index (κ3) is 3.68. The number of rotatable bonds is 5. The Kier molecular flexibility index (Phi) is 5.08. The normalized spacial score (nSPS) is 20.2. The molecule has 0 spiro atoms. The molecular formula is C17H25N5O3. The van der Waals surface area contributed by atoms with Gasteiger partial charge in [0.1, 0.15) is 17.5 Å². The lowest BCUT2D eigenvalue weighted by Crippen LogP contribution is -2.39. The summed E-state index contributed by atoms with van der Waals surface area (Å²) in [5.41, 5.74) is 2.36. The van der Waals surface area contributed by atoms with Crippen molar-refractivity contribution in [1.82, 2.24) is 20.3 Å². The van der Waals surface area contributed by atoms with E-state index in [1.165, 1.54) is 0 Å². The Bertz CT molecular complexity index is 736. The van der Waals surface area contributed by atoms with E-state index in [-0.39, 0.29) is 24.2 Å². The molecule has 8 nitrogen and oxygen atoms in total. The monoisotopic (exact) mass is 347 g/mol. The minimum atomic E-state index is -0.280. The zero-order chi connectivity index (χ0) is 18.0. The first kappa shape index (κ1) is 17.5. The van der Waals surface area contributed by atoms with Gasteiger partial charge in [0, 0.05) is 24.4 Å². The topological polar surface area (TPSA) is 94.2 Å². The second-order valence-corrected chi connectivity index (χ2v) is 6.55. The number of aromatic nitrogens is 3. The summed E-state index contributed by atoms with van der Waals surface area (Å²) < 4.78 is 12.9. The van der Waals surface area contributed by atoms with Crippen molar-refractivity contribution < 1.29 is 14.1 Å². The van der Waals surface area contributed by atoms with Crippen LogP contribution >= 0.6 is 0 Å². The van der Waals surface area contributed by atoms with Gasteiger partial charge in [0.25, 0.3) is 0 Å². The maximum atomic E-state index is 12.4. The zero-order valence-corrected chi connectivity index (χ0v) is 15.1. The number of nitrogens with zero attached hydrogens (tertiary/aromatic N) is 3. The highest BCUT2D eigenvalue weighted by molar-refractivity contribution is 5.90. The van der Waals surface area contributed by atoms with Gasteiger partial charge in [-0.15, -0.1) is 0 Å². The van der Waals surface area contributed by atoms with E-state index in [0.717, 1.165) is 17.7 Å². The van der Waals surface area contributed by atoms with Crippen LogP contribution in [0, 0.1) is 6.92 Å². The lowest BCUT2D eigenvalue weighted by molar-refractivity contribution is 0.100. The minimum absolute atomic E-state index is 0.102. The first-order valence-corrected chi connectivity index (χ1v) is 8.68. The van der Waals surface area contributed by atoms with E-state index in [1.807, 2.05) is 24.0 Å². The Morgan fingerprint density at radius 1 is 1.48 bits per heavy atom. The van der Waals surface area contributed by atoms with Crippen LogP contribution < -0.4 is 10.6 Å². The number of carbonyl (C=O) groups is 1. The van der Waals surface area contributed by atoms with Crippen molar-refractivity contribution in [1.29, 1.82) is 0 Å². The minimum Gasteiger partial charge on any atom is -0.371 e. The number of amides is 2. The first-order chi connectivity index (χ1) is 12.0. The van der Waals surface area contributed by atoms with Crippen molar-refractivity contribution in [2.45, 2.75) is 58.7 Å². The summed E-state index contributed by atoms with van der Waals surface area (Å²) in [6.07, 6.45) is 5.05. The van der Waals surface area contributed by atoms with Crippen molar-refractivity contribution in [3.63, 3.8) is 0 Å². The van der Waals surface area contributed by atoms with E-state index in [2.05, 4.69) is 34.7 Å². The van der Waals surface area contributed by atoms with Crippen LogP contribution in [0.1, 0.15) is 56.4 Å². The highest BCUT2D eigenvalue weighted by Crippen LogP contribution is 2.29. The molecule has 3 rings (SSSR count). The molecule has 2 atom stereocenters. The van der Waals surface area contributed by atoms with Crippen LogP contribution in [0.25, 0.3) is 0 Å². The number of nitrogens with one attached hydrogen (secondary N) is 2. The second-order valence-electron chi connectivity index (χ2n) is 6.55. The molecule has 1 aliphatic rings. The molecule has 2 aromatic heterocycles. The van der Waals surface area contributed by atoms with Gasteiger partial charge in [-0.1, -0.05) is 12.1 Å². The number of aryl methyl sites for hydroxylation is 2. The fourth-order valence-electron chi connectivity index (χ4n) is 2.99. The first-order valence-electron chi connectivity index (χ1n) is 8.68. The van der Waals surface area contributed by atoms with E-state index in [4.69, 9.17) is 9.26 Å². The molecule has 1 aliphatic heterocycles. The van der Waals surface area contributed by atoms with Crippen LogP contribution in [0.2, 0.25) is 0 Å². The van der Waals surface area contributed by atoms with E-state index in [0.29, 0.717) is 24.5 Å². The molecule has 0 unspecified atom stereocenters. The number of anilines is 1. The molecule has 8 heteroatoms. The molecule has 2 N–H and O–H groups in total. The van der Waals surface area contributed by atoms with Crippen LogP contribution in [0.3, 0.4) is 0 Å². The highest BCUT2D eigenvalue weighted by atomic mass is 16.5. The molecule has 1 saturated heterocycles. The smallest absolute Gasteiger partial charge is 0.319 e. The van der Waals surface area contributed by atoms with E-state index >= 15 is 0 Å². The van der Waals surface area contributed by atoms with Gasteiger partial charge >= 0.3 is 6.03 Å². The number of ether oxygens (including phenoxy) is 1. The fourth-order valence-corrected chi connectivity index (χ4v) is 2.99. The Morgan fingerprint density at radius 2 is 2.28 bits per heavy atom. The van der Waals surface area contributed by atoms with Crippen LogP contribution in [0.15, 0.2) is 16.9 Å². The average Bonchev–Trinajstić information content (AvgIpc) is 3.28. The summed E-state index contributed by atoms with van der Waals surface area (Å²) in [4.78, 5) is 12.4. The number of urea groups is 1. The van der Waals surface area contributed by atoms with Gasteiger partial charge in [-0.3, -0.25) is 4.68 Å². The lowest BCUT2D eigenvalue weighted by atomic mass is 10.1. The third-order valence-electron chi connectivity index (χ3n) is 4.39. The fraction of sp³-hybridized carbons (Fsp3) is 0.588. The number of carbonyl (C=O) groups excluding carboxylic acids is 1. The molecule has 0 aromatic carbocycles. The summed E-state index contributed by atoms with van der Waals surface area (Å²) in [5, 5.41) is 14.2. The lowest BCUT2D eigenvalue weighted by Gasteiger charge is -2.19. The quantitative estimate of drug-likeness (QED) is 0.867. The second kappa shape index (κ2) is 7.26. The number of hydrogen-bond acceptors (Lipinski definition) is 5. The Balaban J connectivity index is 1.66. The molecule has 3 heterocycles. The van der Waals surface area contributed by atoms with Gasteiger partial charge in [0.15, 0.2) is 5.76 Å². The van der Waals surface area contributed by atoms with E-state index in [9.17, 15) is 4.79 Å². The average molecular weight is 347 g/mol. The Hall–Kier alpha value is -2.35. The molecule has 1 fully saturated rings. The standard InChI is InChI=1S/C17H25N5O3/c1-5-13-15(11(4)25-21-13)20-17(23)19-14-6-7-24-16(14)12-8-18-22(9-12)10(2)3/h8-10,14,16H,5-7H2,1-4H3,(H2,19,20,23)/t14-,16+/m1/s1. The van der Waals surface area contributed by atoms with Crippen molar-refractivity contribution in [2.75, 3.05) is 11.9 Å². The summed E-state index contributed by atoms with van der Waals surface area (Å²) in [6.45, 7) is 8.50. The van der Waals surface area contributed by atoms with Gasteiger partial charge in [0.05, 0.1) is 12.2 Å². The molecular weight excluding hydrogens is 322 g/mol. The zero-order valence-electron chi connectivity index (χ0n) is 15.1. The SMILES string of the molecule is CCc1noc(C)c1NC(=O)N[C@@H]1CCO[C@H]1c1cnn(C(C)C)c1. The van der Waals surface area contributed by atoms with Crippen molar-refractivity contribution in [2.24, 2.45) is 0 Å². The van der Waals surface area contributed by atoms with Crippen molar-refractivity contribution in [3.8, 4) is 0 Å². The predicted molar refractivity (Wildman–Crippen MR) is 92.5 cm³/mol. The van der Waals surface area contributed by atoms with Gasteiger partial charge in [0.2, 0.25) is 0 Å². The van der Waals surface area contributed by atoms with Gasteiger partial charge in [-0.2, -0.15) is 5.10 Å². The number of hydrogen-bond donors (Lipinski definition) is 2. The predicted octanol–water partition coefficient (Wildman–Crippen LogP) is 2.97. The molecule has 0 aliphatic carbocycles. The van der Waals surface area contributed by atoms with E-state index in [1.54, 1.807) is 6.92 Å². The van der Waals surface area contributed by atoms with Gasteiger partial charge < -0.3 is 19.9 Å². The van der Waals surface area contributed by atoms with Gasteiger partial charge in [-0.25, -0.2) is 4.79 Å². The molecule has 25 heavy (non-hydrogen) atoms. The molecule has 0 radical (unpaired) electrons. The Labute approximate surface area is 146 Å². The Morgan fingerprint density at radius 3 is 2.96 bits per heavy atom. The van der Waals surface area contributed by atoms with Crippen LogP contribution in [0.4, 0.5) is 10.5 Å². The maximum absolute atomic E-state index is 12.4. The van der Waals surface area contributed by atoms with Crippen molar-refractivity contribution in [3.05, 3.63) is 29.4 Å². The van der Waals surface area contributed by atoms with Crippen LogP contribution in [-0.4, -0.2) is 33.6 Å². The molecule has 0 saturated carbocycles. The highest BCUT2D eigenvalue weighted by Gasteiger charge is 2.32. The van der Waals surface area contributed by atoms with Crippen molar-refractivity contribution >= 4 is 11.7 Å². The molecule has 2 amide bonds. The molecule has 0 bridgehead atoms. The maximum Gasteiger partial charge on any atom is 0.319 e. The summed E-state index contributed by atoms with van der Waals surface area (Å²) >= 11 is 0. The largest absolute Gasteiger partial charge is 0.371 e. The van der Waals surface area contributed by atoms with E-state index < -0.39 is 0 Å². The summed E-state index contributed by atoms with van der Waals surface area (Å²) in [6, 6.07) is -0.0956. The molecule has 136 valence electrons. The molecule has 2 aromatic rings. The van der Waals surface area contributed by atoms with Gasteiger partial charge in [-0.05, 0) is 33.6 Å². The van der Waals surface area contributed by atoms with Crippen LogP contribution in [-0.2, 0) is 11.2 Å². The summed E-state index contributed by atoms with van der Waals surface area (Å²) in [5.74, 6) is 0.601. The third-order valence-corrected chi connectivity index (χ3v) is 4.39.